The number of nitrogens with zero attached hydrogens (tertiary/aromatic N) is 1. The molecule has 0 aliphatic carbocycles. The minimum atomic E-state index is -0.417. The van der Waals surface area contributed by atoms with E-state index in [1.54, 1.807) is 18.2 Å². The molecule has 22 heavy (non-hydrogen) atoms. The van der Waals surface area contributed by atoms with E-state index in [2.05, 4.69) is 27.8 Å². The minimum absolute atomic E-state index is 0.0722. The topological polar surface area (TPSA) is 64.4 Å². The van der Waals surface area contributed by atoms with Crippen LogP contribution in [0.1, 0.15) is 5.56 Å². The van der Waals surface area contributed by atoms with Gasteiger partial charge in [-0.15, -0.1) is 0 Å². The Morgan fingerprint density at radius 2 is 2.00 bits per heavy atom. The van der Waals surface area contributed by atoms with Gasteiger partial charge in [0.05, 0.1) is 4.92 Å². The number of hydrogen-bond donors (Lipinski definition) is 1. The summed E-state index contributed by atoms with van der Waals surface area (Å²) in [5.74, 6) is 0.775. The van der Waals surface area contributed by atoms with Crippen molar-refractivity contribution < 1.29 is 9.66 Å². The molecule has 0 unspecified atom stereocenters. The lowest BCUT2D eigenvalue weighted by Crippen LogP contribution is -2.03. The van der Waals surface area contributed by atoms with E-state index in [0.29, 0.717) is 13.2 Å². The van der Waals surface area contributed by atoms with E-state index < -0.39 is 4.92 Å². The van der Waals surface area contributed by atoms with Gasteiger partial charge in [0.1, 0.15) is 12.4 Å². The standard InChI is InChI=1S/C16H15BrN2O3/c1-2-9-22-16-8-3-13(17)10-12(16)11-18-14-4-6-15(7-5-14)19(20)21/h2-8,10,18H,1,9,11H2. The van der Waals surface area contributed by atoms with Gasteiger partial charge in [0.15, 0.2) is 0 Å². The quantitative estimate of drug-likeness (QED) is 0.446. The van der Waals surface area contributed by atoms with Gasteiger partial charge < -0.3 is 10.1 Å². The van der Waals surface area contributed by atoms with Gasteiger partial charge >= 0.3 is 0 Å². The molecule has 0 aliphatic heterocycles. The Hall–Kier alpha value is -2.34. The molecule has 2 rings (SSSR count). The van der Waals surface area contributed by atoms with Gasteiger partial charge in [0.2, 0.25) is 0 Å². The number of rotatable bonds is 7. The van der Waals surface area contributed by atoms with Gasteiger partial charge in [-0.05, 0) is 30.3 Å². The molecule has 1 N–H and O–H groups in total. The molecule has 114 valence electrons. The molecule has 0 fully saturated rings. The van der Waals surface area contributed by atoms with Crippen molar-refractivity contribution in [2.75, 3.05) is 11.9 Å². The molecule has 2 aromatic carbocycles. The summed E-state index contributed by atoms with van der Waals surface area (Å²) in [6, 6.07) is 12.1. The van der Waals surface area contributed by atoms with Crippen LogP contribution in [0.2, 0.25) is 0 Å². The maximum absolute atomic E-state index is 10.6. The van der Waals surface area contributed by atoms with Gasteiger partial charge in [-0.1, -0.05) is 28.6 Å². The first-order valence-electron chi connectivity index (χ1n) is 6.60. The van der Waals surface area contributed by atoms with Crippen molar-refractivity contribution in [3.63, 3.8) is 0 Å². The first-order chi connectivity index (χ1) is 10.6. The fraction of sp³-hybridized carbons (Fsp3) is 0.125. The summed E-state index contributed by atoms with van der Waals surface area (Å²) in [5, 5.41) is 13.9. The molecule has 0 bridgehead atoms. The van der Waals surface area contributed by atoms with Crippen LogP contribution < -0.4 is 10.1 Å². The molecule has 0 heterocycles. The van der Waals surface area contributed by atoms with Crippen molar-refractivity contribution in [1.29, 1.82) is 0 Å². The highest BCUT2D eigenvalue weighted by Crippen LogP contribution is 2.25. The Kier molecular flexibility index (Phi) is 5.55. The second kappa shape index (κ2) is 7.61. The lowest BCUT2D eigenvalue weighted by molar-refractivity contribution is -0.384. The predicted octanol–water partition coefficient (Wildman–Crippen LogP) is 4.53. The summed E-state index contributed by atoms with van der Waals surface area (Å²) in [7, 11) is 0. The highest BCUT2D eigenvalue weighted by atomic mass is 79.9. The van der Waals surface area contributed by atoms with Crippen molar-refractivity contribution in [3.05, 3.63) is 75.3 Å². The molecule has 0 saturated heterocycles. The van der Waals surface area contributed by atoms with Gasteiger partial charge in [-0.25, -0.2) is 0 Å². The van der Waals surface area contributed by atoms with E-state index in [-0.39, 0.29) is 5.69 Å². The van der Waals surface area contributed by atoms with Crippen molar-refractivity contribution in [1.82, 2.24) is 0 Å². The van der Waals surface area contributed by atoms with E-state index in [1.165, 1.54) is 12.1 Å². The van der Waals surface area contributed by atoms with Crippen LogP contribution in [-0.2, 0) is 6.54 Å². The van der Waals surface area contributed by atoms with Gasteiger partial charge in [-0.3, -0.25) is 10.1 Å². The Morgan fingerprint density at radius 1 is 1.27 bits per heavy atom. The lowest BCUT2D eigenvalue weighted by Gasteiger charge is -2.12. The second-order valence-electron chi connectivity index (χ2n) is 4.51. The van der Waals surface area contributed by atoms with Crippen LogP contribution in [0.5, 0.6) is 5.75 Å². The van der Waals surface area contributed by atoms with Crippen molar-refractivity contribution in [2.24, 2.45) is 0 Å². The molecular weight excluding hydrogens is 348 g/mol. The van der Waals surface area contributed by atoms with Crippen molar-refractivity contribution in [3.8, 4) is 5.75 Å². The maximum atomic E-state index is 10.6. The summed E-state index contributed by atoms with van der Waals surface area (Å²) in [4.78, 5) is 10.2. The maximum Gasteiger partial charge on any atom is 0.269 e. The van der Waals surface area contributed by atoms with Crippen LogP contribution in [-0.4, -0.2) is 11.5 Å². The number of nitrogens with one attached hydrogen (secondary N) is 1. The number of anilines is 1. The van der Waals surface area contributed by atoms with E-state index in [9.17, 15) is 10.1 Å². The van der Waals surface area contributed by atoms with Crippen molar-refractivity contribution >= 4 is 27.3 Å². The largest absolute Gasteiger partial charge is 0.489 e. The van der Waals surface area contributed by atoms with Crippen LogP contribution >= 0.6 is 15.9 Å². The van der Waals surface area contributed by atoms with Crippen molar-refractivity contribution in [2.45, 2.75) is 6.54 Å². The normalized spacial score (nSPS) is 10.0. The number of benzene rings is 2. The summed E-state index contributed by atoms with van der Waals surface area (Å²) in [6.45, 7) is 4.62. The monoisotopic (exact) mass is 362 g/mol. The SMILES string of the molecule is C=CCOc1ccc(Br)cc1CNc1ccc([N+](=O)[O-])cc1. The predicted molar refractivity (Wildman–Crippen MR) is 90.3 cm³/mol. The average Bonchev–Trinajstić information content (AvgIpc) is 2.52. The summed E-state index contributed by atoms with van der Waals surface area (Å²) < 4.78 is 6.57. The molecule has 0 amide bonds. The van der Waals surface area contributed by atoms with Gasteiger partial charge in [-0.2, -0.15) is 0 Å². The molecular formula is C16H15BrN2O3. The van der Waals surface area contributed by atoms with Gasteiger partial charge in [0, 0.05) is 34.4 Å². The minimum Gasteiger partial charge on any atom is -0.489 e. The molecule has 0 saturated carbocycles. The number of nitro benzene ring substituents is 1. The zero-order valence-corrected chi connectivity index (χ0v) is 13.4. The number of nitro groups is 1. The number of hydrogen-bond acceptors (Lipinski definition) is 4. The summed E-state index contributed by atoms with van der Waals surface area (Å²) in [5.41, 5.74) is 1.86. The van der Waals surface area contributed by atoms with Crippen LogP contribution in [0.4, 0.5) is 11.4 Å². The van der Waals surface area contributed by atoms with E-state index in [0.717, 1.165) is 21.5 Å². The van der Waals surface area contributed by atoms with E-state index >= 15 is 0 Å². The molecule has 0 aliphatic rings. The Bertz CT molecular complexity index is 672. The first kappa shape index (κ1) is 16.0. The smallest absolute Gasteiger partial charge is 0.269 e. The highest BCUT2D eigenvalue weighted by molar-refractivity contribution is 9.10. The van der Waals surface area contributed by atoms with Crippen LogP contribution in [0, 0.1) is 10.1 Å². The molecule has 6 heteroatoms. The molecule has 5 nitrogen and oxygen atoms in total. The molecule has 0 radical (unpaired) electrons. The Balaban J connectivity index is 2.08. The number of ether oxygens (including phenoxy) is 1. The van der Waals surface area contributed by atoms with Crippen LogP contribution in [0.25, 0.3) is 0 Å². The third-order valence-electron chi connectivity index (χ3n) is 2.94. The molecule has 0 aromatic heterocycles. The van der Waals surface area contributed by atoms with Gasteiger partial charge in [0.25, 0.3) is 5.69 Å². The molecule has 0 atom stereocenters. The summed E-state index contributed by atoms with van der Waals surface area (Å²) >= 11 is 3.44. The van der Waals surface area contributed by atoms with E-state index in [4.69, 9.17) is 4.74 Å². The molecule has 0 spiro atoms. The highest BCUT2D eigenvalue weighted by Gasteiger charge is 2.06. The Labute approximate surface area is 136 Å². The third-order valence-corrected chi connectivity index (χ3v) is 3.43. The van der Waals surface area contributed by atoms with Crippen LogP contribution in [0.3, 0.4) is 0 Å². The van der Waals surface area contributed by atoms with E-state index in [1.807, 2.05) is 18.2 Å². The Morgan fingerprint density at radius 3 is 2.64 bits per heavy atom. The fourth-order valence-electron chi connectivity index (χ4n) is 1.87. The second-order valence-corrected chi connectivity index (χ2v) is 5.42. The lowest BCUT2D eigenvalue weighted by atomic mass is 10.2. The summed E-state index contributed by atoms with van der Waals surface area (Å²) in [6.07, 6.45) is 1.69. The van der Waals surface area contributed by atoms with Crippen LogP contribution in [0.15, 0.2) is 59.6 Å². The number of non-ortho nitro benzene ring substituents is 1. The average molecular weight is 363 g/mol. The zero-order chi connectivity index (χ0) is 15.9. The first-order valence-corrected chi connectivity index (χ1v) is 7.40. The third kappa shape index (κ3) is 4.33. The zero-order valence-electron chi connectivity index (χ0n) is 11.8. The number of halogens is 1. The molecule has 2 aromatic rings. The fourth-order valence-corrected chi connectivity index (χ4v) is 2.28.